The number of nitro groups is 1. The van der Waals surface area contributed by atoms with Crippen LogP contribution in [0.15, 0.2) is 6.33 Å². The zero-order chi connectivity index (χ0) is 13.1. The molecule has 7 nitrogen and oxygen atoms in total. The molecule has 1 fully saturated rings. The molecule has 1 aromatic rings. The monoisotopic (exact) mass is 271 g/mol. The third kappa shape index (κ3) is 2.85. The highest BCUT2D eigenvalue weighted by molar-refractivity contribution is 6.31. The van der Waals surface area contributed by atoms with Crippen LogP contribution in [0.1, 0.15) is 12.8 Å². The second kappa shape index (κ2) is 5.45. The second-order valence-electron chi connectivity index (χ2n) is 4.34. The average Bonchev–Trinajstić information content (AvgIpc) is 2.32. The SMILES string of the molecule is CN1CCC(Nc2ncnc(Cl)c2[N+](=O)[O-])CC1. The second-order valence-corrected chi connectivity index (χ2v) is 4.70. The normalized spacial score (nSPS) is 17.7. The van der Waals surface area contributed by atoms with Gasteiger partial charge in [0.05, 0.1) is 4.92 Å². The van der Waals surface area contributed by atoms with E-state index in [4.69, 9.17) is 11.6 Å². The molecule has 1 aliphatic heterocycles. The van der Waals surface area contributed by atoms with Gasteiger partial charge in [0.1, 0.15) is 6.33 Å². The summed E-state index contributed by atoms with van der Waals surface area (Å²) in [7, 11) is 2.06. The molecule has 18 heavy (non-hydrogen) atoms. The Kier molecular flexibility index (Phi) is 3.93. The minimum Gasteiger partial charge on any atom is -0.361 e. The molecule has 0 spiro atoms. The molecule has 0 aromatic carbocycles. The van der Waals surface area contributed by atoms with E-state index in [2.05, 4.69) is 27.2 Å². The summed E-state index contributed by atoms with van der Waals surface area (Å²) < 4.78 is 0. The summed E-state index contributed by atoms with van der Waals surface area (Å²) >= 11 is 5.72. The average molecular weight is 272 g/mol. The van der Waals surface area contributed by atoms with E-state index in [0.717, 1.165) is 25.9 Å². The molecule has 0 amide bonds. The fraction of sp³-hybridized carbons (Fsp3) is 0.600. The van der Waals surface area contributed by atoms with Gasteiger partial charge in [0.15, 0.2) is 0 Å². The number of aromatic nitrogens is 2. The van der Waals surface area contributed by atoms with Gasteiger partial charge in [-0.3, -0.25) is 10.1 Å². The Labute approximate surface area is 109 Å². The molecule has 1 aliphatic rings. The largest absolute Gasteiger partial charge is 0.361 e. The van der Waals surface area contributed by atoms with E-state index in [1.165, 1.54) is 6.33 Å². The van der Waals surface area contributed by atoms with E-state index in [1.807, 2.05) is 0 Å². The van der Waals surface area contributed by atoms with Crippen LogP contribution in [-0.4, -0.2) is 46.0 Å². The smallest absolute Gasteiger partial charge is 0.348 e. The van der Waals surface area contributed by atoms with Crippen LogP contribution in [0.3, 0.4) is 0 Å². The van der Waals surface area contributed by atoms with E-state index in [0.29, 0.717) is 0 Å². The molecule has 98 valence electrons. The molecular weight excluding hydrogens is 258 g/mol. The molecule has 0 unspecified atom stereocenters. The maximum absolute atomic E-state index is 10.9. The van der Waals surface area contributed by atoms with Crippen molar-refractivity contribution in [3.63, 3.8) is 0 Å². The summed E-state index contributed by atoms with van der Waals surface area (Å²) in [6, 6.07) is 0.186. The first-order valence-electron chi connectivity index (χ1n) is 5.68. The summed E-state index contributed by atoms with van der Waals surface area (Å²) in [6.45, 7) is 1.93. The van der Waals surface area contributed by atoms with Crippen LogP contribution in [0.25, 0.3) is 0 Å². The summed E-state index contributed by atoms with van der Waals surface area (Å²) in [5.74, 6) is 0.203. The number of likely N-dealkylation sites (tertiary alicyclic amines) is 1. The number of nitrogens with one attached hydrogen (secondary N) is 1. The Morgan fingerprint density at radius 1 is 1.50 bits per heavy atom. The number of piperidine rings is 1. The first-order chi connectivity index (χ1) is 8.58. The predicted octanol–water partition coefficient (Wildman–Crippen LogP) is 1.54. The van der Waals surface area contributed by atoms with Crippen LogP contribution in [0.4, 0.5) is 11.5 Å². The predicted molar refractivity (Wildman–Crippen MR) is 67.8 cm³/mol. The Balaban J connectivity index is 2.14. The van der Waals surface area contributed by atoms with Gasteiger partial charge in [0.25, 0.3) is 0 Å². The molecule has 1 saturated heterocycles. The molecule has 0 saturated carbocycles. The molecule has 0 bridgehead atoms. The third-order valence-electron chi connectivity index (χ3n) is 3.02. The fourth-order valence-electron chi connectivity index (χ4n) is 1.97. The first-order valence-corrected chi connectivity index (χ1v) is 6.05. The summed E-state index contributed by atoms with van der Waals surface area (Å²) in [4.78, 5) is 20.1. The Hall–Kier alpha value is -1.47. The molecule has 2 rings (SSSR count). The molecular formula is C10H14ClN5O2. The van der Waals surface area contributed by atoms with Gasteiger partial charge in [-0.25, -0.2) is 9.97 Å². The lowest BCUT2D eigenvalue weighted by atomic mass is 10.1. The van der Waals surface area contributed by atoms with Crippen molar-refractivity contribution in [2.45, 2.75) is 18.9 Å². The van der Waals surface area contributed by atoms with E-state index in [-0.39, 0.29) is 22.7 Å². The minimum absolute atomic E-state index is 0.134. The van der Waals surface area contributed by atoms with Gasteiger partial charge in [-0.2, -0.15) is 0 Å². The van der Waals surface area contributed by atoms with Crippen molar-refractivity contribution in [3.8, 4) is 0 Å². The Bertz CT molecular complexity index is 448. The molecule has 8 heteroatoms. The van der Waals surface area contributed by atoms with Crippen molar-refractivity contribution in [2.75, 3.05) is 25.5 Å². The zero-order valence-electron chi connectivity index (χ0n) is 9.97. The van der Waals surface area contributed by atoms with E-state index in [9.17, 15) is 10.1 Å². The van der Waals surface area contributed by atoms with Crippen molar-refractivity contribution in [1.82, 2.24) is 14.9 Å². The Morgan fingerprint density at radius 2 is 2.17 bits per heavy atom. The third-order valence-corrected chi connectivity index (χ3v) is 3.30. The number of nitrogens with zero attached hydrogens (tertiary/aromatic N) is 4. The van der Waals surface area contributed by atoms with E-state index >= 15 is 0 Å². The van der Waals surface area contributed by atoms with Crippen LogP contribution in [0.2, 0.25) is 5.15 Å². The lowest BCUT2D eigenvalue weighted by Gasteiger charge is -2.29. The van der Waals surface area contributed by atoms with Gasteiger partial charge in [0, 0.05) is 6.04 Å². The van der Waals surface area contributed by atoms with Crippen LogP contribution in [0.5, 0.6) is 0 Å². The van der Waals surface area contributed by atoms with Crippen molar-refractivity contribution < 1.29 is 4.92 Å². The van der Waals surface area contributed by atoms with Gasteiger partial charge in [0.2, 0.25) is 11.0 Å². The summed E-state index contributed by atoms with van der Waals surface area (Å²) in [6.07, 6.45) is 3.08. The molecule has 2 heterocycles. The van der Waals surface area contributed by atoms with Crippen molar-refractivity contribution >= 4 is 23.1 Å². The molecule has 1 aromatic heterocycles. The number of hydrogen-bond donors (Lipinski definition) is 1. The minimum atomic E-state index is -0.556. The number of anilines is 1. The maximum atomic E-state index is 10.9. The van der Waals surface area contributed by atoms with Crippen LogP contribution in [-0.2, 0) is 0 Å². The first kappa shape index (κ1) is 13.0. The highest BCUT2D eigenvalue weighted by atomic mass is 35.5. The number of hydrogen-bond acceptors (Lipinski definition) is 6. The Morgan fingerprint density at radius 3 is 2.78 bits per heavy atom. The highest BCUT2D eigenvalue weighted by Gasteiger charge is 2.25. The van der Waals surface area contributed by atoms with Gasteiger partial charge >= 0.3 is 5.69 Å². The van der Waals surface area contributed by atoms with Gasteiger partial charge in [-0.1, -0.05) is 11.6 Å². The van der Waals surface area contributed by atoms with E-state index in [1.54, 1.807) is 0 Å². The standard InChI is InChI=1S/C10H14ClN5O2/c1-15-4-2-7(3-5-15)14-10-8(16(17)18)9(11)12-6-13-10/h6-7H,2-5H2,1H3,(H,12,13,14). The fourth-order valence-corrected chi connectivity index (χ4v) is 2.17. The molecule has 1 N–H and O–H groups in total. The summed E-state index contributed by atoms with van der Waals surface area (Å²) in [5, 5.41) is 13.9. The van der Waals surface area contributed by atoms with Crippen LogP contribution < -0.4 is 5.32 Å². The van der Waals surface area contributed by atoms with Crippen molar-refractivity contribution in [2.24, 2.45) is 0 Å². The lowest BCUT2D eigenvalue weighted by Crippen LogP contribution is -2.37. The van der Waals surface area contributed by atoms with Gasteiger partial charge in [-0.05, 0) is 33.0 Å². The lowest BCUT2D eigenvalue weighted by molar-refractivity contribution is -0.384. The van der Waals surface area contributed by atoms with Gasteiger partial charge in [-0.15, -0.1) is 0 Å². The molecule has 0 radical (unpaired) electrons. The zero-order valence-corrected chi connectivity index (χ0v) is 10.7. The van der Waals surface area contributed by atoms with Gasteiger partial charge < -0.3 is 10.2 Å². The van der Waals surface area contributed by atoms with E-state index < -0.39 is 4.92 Å². The quantitative estimate of drug-likeness (QED) is 0.510. The van der Waals surface area contributed by atoms with Crippen molar-refractivity contribution in [3.05, 3.63) is 21.6 Å². The maximum Gasteiger partial charge on any atom is 0.348 e. The number of rotatable bonds is 3. The topological polar surface area (TPSA) is 84.2 Å². The summed E-state index contributed by atoms with van der Waals surface area (Å²) in [5.41, 5.74) is -0.252. The van der Waals surface area contributed by atoms with Crippen molar-refractivity contribution in [1.29, 1.82) is 0 Å². The number of halogens is 1. The van der Waals surface area contributed by atoms with Crippen LogP contribution >= 0.6 is 11.6 Å². The molecule has 0 atom stereocenters. The highest BCUT2D eigenvalue weighted by Crippen LogP contribution is 2.29. The molecule has 0 aliphatic carbocycles. The van der Waals surface area contributed by atoms with Crippen LogP contribution in [0, 0.1) is 10.1 Å².